The lowest BCUT2D eigenvalue weighted by Gasteiger charge is -2.07. The summed E-state index contributed by atoms with van der Waals surface area (Å²) in [5.41, 5.74) is 2.52. The molecule has 34 heavy (non-hydrogen) atoms. The normalized spacial score (nSPS) is 10.9. The molecule has 0 radical (unpaired) electrons. The standard InChI is InChI=1S/C28H29NO5/c1-3-5-17-31-22-11-7-20(8-12-22)27-29-25-16-15-24(19-26(25)34-27)33-28(30)21-9-13-23(14-10-21)32-18-6-4-2/h7-16,19H,3-6,17-18H2,1-2H3. The molecule has 4 rings (SSSR count). The zero-order valence-corrected chi connectivity index (χ0v) is 19.6. The van der Waals surface area contributed by atoms with Crippen molar-refractivity contribution < 1.29 is 23.4 Å². The molecule has 0 aliphatic rings. The second kappa shape index (κ2) is 11.4. The number of fused-ring (bicyclic) bond motifs is 1. The Bertz CT molecular complexity index is 1210. The summed E-state index contributed by atoms with van der Waals surface area (Å²) >= 11 is 0. The van der Waals surface area contributed by atoms with Gasteiger partial charge in [-0.15, -0.1) is 0 Å². The number of benzene rings is 3. The van der Waals surface area contributed by atoms with E-state index in [1.165, 1.54) is 0 Å². The maximum atomic E-state index is 12.6. The first kappa shape index (κ1) is 23.4. The van der Waals surface area contributed by atoms with E-state index in [0.717, 1.165) is 42.7 Å². The number of ether oxygens (including phenoxy) is 3. The largest absolute Gasteiger partial charge is 0.494 e. The summed E-state index contributed by atoms with van der Waals surface area (Å²) in [6, 6.07) is 19.8. The number of carbonyl (C=O) groups is 1. The summed E-state index contributed by atoms with van der Waals surface area (Å²) in [7, 11) is 0. The second-order valence-electron chi connectivity index (χ2n) is 7.99. The Morgan fingerprint density at radius 1 is 0.794 bits per heavy atom. The Hall–Kier alpha value is -3.80. The average Bonchev–Trinajstić information content (AvgIpc) is 3.29. The monoisotopic (exact) mass is 459 g/mol. The molecule has 0 unspecified atom stereocenters. The summed E-state index contributed by atoms with van der Waals surface area (Å²) in [5, 5.41) is 0. The van der Waals surface area contributed by atoms with Crippen molar-refractivity contribution in [2.24, 2.45) is 0 Å². The Morgan fingerprint density at radius 2 is 1.38 bits per heavy atom. The highest BCUT2D eigenvalue weighted by Crippen LogP contribution is 2.28. The van der Waals surface area contributed by atoms with Gasteiger partial charge in [-0.2, -0.15) is 0 Å². The number of oxazole rings is 1. The van der Waals surface area contributed by atoms with E-state index in [4.69, 9.17) is 18.6 Å². The number of hydrogen-bond acceptors (Lipinski definition) is 6. The number of carbonyl (C=O) groups excluding carboxylic acids is 1. The lowest BCUT2D eigenvalue weighted by molar-refractivity contribution is 0.0735. The number of unbranched alkanes of at least 4 members (excludes halogenated alkanes) is 2. The zero-order chi connectivity index (χ0) is 23.8. The fourth-order valence-electron chi connectivity index (χ4n) is 3.31. The van der Waals surface area contributed by atoms with Gasteiger partial charge in [-0.05, 0) is 73.5 Å². The zero-order valence-electron chi connectivity index (χ0n) is 19.6. The molecule has 176 valence electrons. The molecule has 1 aromatic heterocycles. The summed E-state index contributed by atoms with van der Waals surface area (Å²) < 4.78 is 22.8. The molecular weight excluding hydrogens is 430 g/mol. The van der Waals surface area contributed by atoms with Gasteiger partial charge in [0.1, 0.15) is 22.8 Å². The van der Waals surface area contributed by atoms with Gasteiger partial charge in [-0.3, -0.25) is 0 Å². The molecule has 6 nitrogen and oxygen atoms in total. The smallest absolute Gasteiger partial charge is 0.343 e. The molecule has 0 aliphatic carbocycles. The van der Waals surface area contributed by atoms with Gasteiger partial charge in [0.15, 0.2) is 5.58 Å². The number of nitrogens with zero attached hydrogens (tertiary/aromatic N) is 1. The van der Waals surface area contributed by atoms with Crippen LogP contribution in [0.25, 0.3) is 22.6 Å². The van der Waals surface area contributed by atoms with Crippen LogP contribution >= 0.6 is 0 Å². The van der Waals surface area contributed by atoms with Crippen LogP contribution in [0.2, 0.25) is 0 Å². The highest BCUT2D eigenvalue weighted by atomic mass is 16.5. The van der Waals surface area contributed by atoms with E-state index in [1.54, 1.807) is 42.5 Å². The van der Waals surface area contributed by atoms with Crippen molar-refractivity contribution in [2.75, 3.05) is 13.2 Å². The molecule has 0 saturated carbocycles. The van der Waals surface area contributed by atoms with Gasteiger partial charge >= 0.3 is 5.97 Å². The van der Waals surface area contributed by atoms with Crippen LogP contribution in [0.15, 0.2) is 71.1 Å². The highest BCUT2D eigenvalue weighted by Gasteiger charge is 2.13. The first-order valence-corrected chi connectivity index (χ1v) is 11.7. The molecule has 6 heteroatoms. The summed E-state index contributed by atoms with van der Waals surface area (Å²) in [4.78, 5) is 17.1. The Balaban J connectivity index is 1.41. The molecule has 0 aliphatic heterocycles. The van der Waals surface area contributed by atoms with Crippen molar-refractivity contribution in [3.05, 3.63) is 72.3 Å². The SMILES string of the molecule is CCCCOc1ccc(C(=O)Oc2ccc3nc(-c4ccc(OCCCC)cc4)oc3c2)cc1. The summed E-state index contributed by atoms with van der Waals surface area (Å²) in [6.07, 6.45) is 4.19. The van der Waals surface area contributed by atoms with Crippen LogP contribution in [-0.4, -0.2) is 24.2 Å². The minimum atomic E-state index is -0.446. The Morgan fingerprint density at radius 3 is 2.00 bits per heavy atom. The lowest BCUT2D eigenvalue weighted by atomic mass is 10.2. The summed E-state index contributed by atoms with van der Waals surface area (Å²) in [6.45, 7) is 5.61. The molecule has 0 bridgehead atoms. The summed E-state index contributed by atoms with van der Waals surface area (Å²) in [5.74, 6) is 2.00. The van der Waals surface area contributed by atoms with E-state index < -0.39 is 5.97 Å². The topological polar surface area (TPSA) is 70.8 Å². The quantitative estimate of drug-likeness (QED) is 0.136. The maximum Gasteiger partial charge on any atom is 0.343 e. The van der Waals surface area contributed by atoms with Gasteiger partial charge in [0, 0.05) is 11.6 Å². The van der Waals surface area contributed by atoms with E-state index in [9.17, 15) is 4.79 Å². The van der Waals surface area contributed by atoms with Gasteiger partial charge in [-0.25, -0.2) is 9.78 Å². The third-order valence-electron chi connectivity index (χ3n) is 5.29. The second-order valence-corrected chi connectivity index (χ2v) is 7.99. The predicted molar refractivity (Wildman–Crippen MR) is 132 cm³/mol. The van der Waals surface area contributed by atoms with Crippen molar-refractivity contribution in [1.29, 1.82) is 0 Å². The number of aromatic nitrogens is 1. The van der Waals surface area contributed by atoms with Crippen molar-refractivity contribution in [3.8, 4) is 28.7 Å². The molecule has 0 spiro atoms. The molecule has 0 fully saturated rings. The van der Waals surface area contributed by atoms with Crippen LogP contribution in [-0.2, 0) is 0 Å². The van der Waals surface area contributed by atoms with Gasteiger partial charge in [0.05, 0.1) is 18.8 Å². The van der Waals surface area contributed by atoms with E-state index in [-0.39, 0.29) is 0 Å². The first-order chi connectivity index (χ1) is 16.7. The third kappa shape index (κ3) is 5.95. The molecular formula is C28H29NO5. The minimum Gasteiger partial charge on any atom is -0.494 e. The van der Waals surface area contributed by atoms with Crippen molar-refractivity contribution in [1.82, 2.24) is 4.98 Å². The molecule has 3 aromatic carbocycles. The van der Waals surface area contributed by atoms with E-state index in [0.29, 0.717) is 41.5 Å². The van der Waals surface area contributed by atoms with Crippen molar-refractivity contribution >= 4 is 17.1 Å². The number of rotatable bonds is 11. The van der Waals surface area contributed by atoms with Crippen LogP contribution in [0.4, 0.5) is 0 Å². The van der Waals surface area contributed by atoms with Crippen molar-refractivity contribution in [2.45, 2.75) is 39.5 Å². The minimum absolute atomic E-state index is 0.392. The van der Waals surface area contributed by atoms with E-state index >= 15 is 0 Å². The van der Waals surface area contributed by atoms with Crippen LogP contribution in [0.1, 0.15) is 49.9 Å². The van der Waals surface area contributed by atoms with Crippen LogP contribution < -0.4 is 14.2 Å². The van der Waals surface area contributed by atoms with Crippen LogP contribution in [0.3, 0.4) is 0 Å². The van der Waals surface area contributed by atoms with Gasteiger partial charge in [0.2, 0.25) is 5.89 Å². The number of hydrogen-bond donors (Lipinski definition) is 0. The molecule has 0 atom stereocenters. The van der Waals surface area contributed by atoms with Gasteiger partial charge < -0.3 is 18.6 Å². The fourth-order valence-corrected chi connectivity index (χ4v) is 3.31. The maximum absolute atomic E-state index is 12.6. The van der Waals surface area contributed by atoms with Gasteiger partial charge in [-0.1, -0.05) is 26.7 Å². The molecule has 0 amide bonds. The van der Waals surface area contributed by atoms with Crippen LogP contribution in [0, 0.1) is 0 Å². The third-order valence-corrected chi connectivity index (χ3v) is 5.29. The van der Waals surface area contributed by atoms with E-state index in [2.05, 4.69) is 18.8 Å². The Labute approximate surface area is 199 Å². The lowest BCUT2D eigenvalue weighted by Crippen LogP contribution is -2.08. The Kier molecular flexibility index (Phi) is 7.81. The number of esters is 1. The highest BCUT2D eigenvalue weighted by molar-refractivity contribution is 5.91. The fraction of sp³-hybridized carbons (Fsp3) is 0.286. The van der Waals surface area contributed by atoms with E-state index in [1.807, 2.05) is 24.3 Å². The molecule has 4 aromatic rings. The van der Waals surface area contributed by atoms with Crippen LogP contribution in [0.5, 0.6) is 17.2 Å². The molecule has 1 heterocycles. The first-order valence-electron chi connectivity index (χ1n) is 11.7. The molecule has 0 saturated heterocycles. The van der Waals surface area contributed by atoms with Crippen molar-refractivity contribution in [3.63, 3.8) is 0 Å². The predicted octanol–water partition coefficient (Wildman–Crippen LogP) is 7.07. The average molecular weight is 460 g/mol. The molecule has 0 N–H and O–H groups in total. The van der Waals surface area contributed by atoms with Gasteiger partial charge in [0.25, 0.3) is 0 Å².